The normalized spacial score (nSPS) is 41.8. The minimum Gasteiger partial charge on any atom is -0.396 e. The summed E-state index contributed by atoms with van der Waals surface area (Å²) in [6.07, 6.45) is 2.17. The van der Waals surface area contributed by atoms with E-state index in [0.717, 1.165) is 18.0 Å². The first kappa shape index (κ1) is 14.2. The van der Waals surface area contributed by atoms with Gasteiger partial charge in [0.1, 0.15) is 5.44 Å². The van der Waals surface area contributed by atoms with Crippen LogP contribution in [0.2, 0.25) is 0 Å². The Hall–Kier alpha value is -0.260. The molecule has 2 aliphatic heterocycles. The van der Waals surface area contributed by atoms with Crippen LogP contribution >= 0.6 is 11.8 Å². The molecule has 2 saturated heterocycles. The lowest BCUT2D eigenvalue weighted by molar-refractivity contribution is -0.0769. The van der Waals surface area contributed by atoms with Gasteiger partial charge in [0.05, 0.1) is 12.1 Å². The molecule has 0 unspecified atom stereocenters. The number of rotatable bonds is 4. The van der Waals surface area contributed by atoms with Crippen molar-refractivity contribution in [2.24, 2.45) is 16.8 Å². The van der Waals surface area contributed by atoms with Gasteiger partial charge in [-0.2, -0.15) is 0 Å². The predicted octanol–water partition coefficient (Wildman–Crippen LogP) is 1.84. The van der Waals surface area contributed by atoms with Crippen LogP contribution in [0.15, 0.2) is 4.99 Å². The highest BCUT2D eigenvalue weighted by molar-refractivity contribution is 8.14. The molecule has 0 bridgehead atoms. The Morgan fingerprint density at radius 1 is 1.39 bits per heavy atom. The number of aliphatic hydroxyl groups is 1. The monoisotopic (exact) mass is 272 g/mol. The Balaban J connectivity index is 1.98. The summed E-state index contributed by atoms with van der Waals surface area (Å²) in [4.78, 5) is 4.48. The fourth-order valence-corrected chi connectivity index (χ4v) is 3.93. The van der Waals surface area contributed by atoms with E-state index in [0.29, 0.717) is 30.5 Å². The van der Waals surface area contributed by atoms with Crippen LogP contribution in [-0.4, -0.2) is 41.0 Å². The molecule has 0 radical (unpaired) electrons. The molecule has 2 aliphatic rings. The number of ether oxygens (including phenoxy) is 1. The number of nitrogens with zero attached hydrogens (tertiary/aromatic N) is 1. The topological polar surface area (TPSA) is 53.9 Å². The van der Waals surface area contributed by atoms with E-state index in [9.17, 15) is 0 Å². The summed E-state index contributed by atoms with van der Waals surface area (Å²) in [7, 11) is 0. The molecule has 2 fully saturated rings. The van der Waals surface area contributed by atoms with E-state index in [4.69, 9.17) is 9.84 Å². The van der Waals surface area contributed by atoms with Crippen molar-refractivity contribution in [2.45, 2.75) is 51.2 Å². The molecule has 0 spiro atoms. The molecule has 5 heteroatoms. The zero-order valence-corrected chi connectivity index (χ0v) is 12.2. The molecule has 0 aromatic carbocycles. The molecule has 0 aromatic heterocycles. The number of fused-ring (bicyclic) bond motifs is 1. The molecule has 2 heterocycles. The third-order valence-electron chi connectivity index (χ3n) is 4.08. The standard InChI is InChI=1S/C13H24N2O2S/c1-4-10-8(2)9(3)11-12(17-10)18-13(15-11)14-6-5-7-16/h8-12,16H,4-7H2,1-3H3,(H,14,15)/t8-,9-,10+,11+,12+/m0/s1. The summed E-state index contributed by atoms with van der Waals surface area (Å²) >= 11 is 1.70. The van der Waals surface area contributed by atoms with E-state index in [1.54, 1.807) is 11.8 Å². The van der Waals surface area contributed by atoms with Crippen molar-refractivity contribution in [2.75, 3.05) is 13.2 Å². The number of amidine groups is 1. The molecule has 0 aliphatic carbocycles. The van der Waals surface area contributed by atoms with Gasteiger partial charge in [-0.3, -0.25) is 4.99 Å². The van der Waals surface area contributed by atoms with Crippen LogP contribution in [0.5, 0.6) is 0 Å². The summed E-state index contributed by atoms with van der Waals surface area (Å²) in [6.45, 7) is 7.67. The maximum absolute atomic E-state index is 8.77. The SMILES string of the molecule is CC[C@H]1O[C@@H]2SC(=NCCCO)N[C@@H]2[C@@H](C)[C@@H]1C. The lowest BCUT2D eigenvalue weighted by atomic mass is 9.82. The van der Waals surface area contributed by atoms with E-state index >= 15 is 0 Å². The first-order valence-corrected chi connectivity index (χ1v) is 7.79. The molecule has 4 nitrogen and oxygen atoms in total. The molecule has 0 amide bonds. The van der Waals surface area contributed by atoms with Crippen molar-refractivity contribution in [1.82, 2.24) is 5.32 Å². The molecule has 104 valence electrons. The summed E-state index contributed by atoms with van der Waals surface area (Å²) in [6, 6.07) is 0.376. The van der Waals surface area contributed by atoms with Gasteiger partial charge in [-0.05, 0) is 24.7 Å². The first-order valence-electron chi connectivity index (χ1n) is 6.91. The van der Waals surface area contributed by atoms with E-state index in [1.165, 1.54) is 0 Å². The van der Waals surface area contributed by atoms with Gasteiger partial charge in [0, 0.05) is 13.2 Å². The van der Waals surface area contributed by atoms with Crippen molar-refractivity contribution < 1.29 is 9.84 Å². The van der Waals surface area contributed by atoms with Crippen molar-refractivity contribution >= 4 is 16.9 Å². The maximum atomic E-state index is 8.77. The molecule has 2 N–H and O–H groups in total. The Labute approximate surface area is 114 Å². The van der Waals surface area contributed by atoms with Gasteiger partial charge >= 0.3 is 0 Å². The highest BCUT2D eigenvalue weighted by Crippen LogP contribution is 2.40. The van der Waals surface area contributed by atoms with E-state index in [1.807, 2.05) is 0 Å². The van der Waals surface area contributed by atoms with Gasteiger partial charge in [-0.25, -0.2) is 0 Å². The van der Waals surface area contributed by atoms with Crippen LogP contribution in [0, 0.1) is 11.8 Å². The second-order valence-corrected chi connectivity index (χ2v) is 6.31. The minimum atomic E-state index is 0.203. The zero-order valence-electron chi connectivity index (χ0n) is 11.4. The lowest BCUT2D eigenvalue weighted by Gasteiger charge is -2.40. The van der Waals surface area contributed by atoms with Gasteiger partial charge in [0.2, 0.25) is 0 Å². The summed E-state index contributed by atoms with van der Waals surface area (Å²) in [5, 5.41) is 13.2. The van der Waals surface area contributed by atoms with E-state index < -0.39 is 0 Å². The third-order valence-corrected chi connectivity index (χ3v) is 5.18. The molecule has 0 saturated carbocycles. The maximum Gasteiger partial charge on any atom is 0.159 e. The fourth-order valence-electron chi connectivity index (χ4n) is 2.68. The molecule has 5 atom stereocenters. The summed E-state index contributed by atoms with van der Waals surface area (Å²) < 4.78 is 6.15. The van der Waals surface area contributed by atoms with Crippen LogP contribution in [0.25, 0.3) is 0 Å². The Kier molecular flexibility index (Phi) is 4.92. The number of nitrogens with one attached hydrogen (secondary N) is 1. The average molecular weight is 272 g/mol. The number of hydrogen-bond donors (Lipinski definition) is 2. The van der Waals surface area contributed by atoms with Crippen molar-refractivity contribution in [3.8, 4) is 0 Å². The molecule has 2 rings (SSSR count). The van der Waals surface area contributed by atoms with Crippen LogP contribution < -0.4 is 5.32 Å². The van der Waals surface area contributed by atoms with Crippen LogP contribution in [0.1, 0.15) is 33.6 Å². The molecule has 0 aromatic rings. The number of aliphatic imine (C=N–C) groups is 1. The van der Waals surface area contributed by atoms with Gasteiger partial charge in [-0.15, -0.1) is 0 Å². The Morgan fingerprint density at radius 2 is 2.17 bits per heavy atom. The number of aliphatic hydroxyl groups excluding tert-OH is 1. The minimum absolute atomic E-state index is 0.203. The van der Waals surface area contributed by atoms with Crippen LogP contribution in [0.3, 0.4) is 0 Å². The van der Waals surface area contributed by atoms with Gasteiger partial charge in [0.25, 0.3) is 0 Å². The first-order chi connectivity index (χ1) is 8.67. The summed E-state index contributed by atoms with van der Waals surface area (Å²) in [5.41, 5.74) is 0.203. The number of hydrogen-bond acceptors (Lipinski definition) is 4. The van der Waals surface area contributed by atoms with E-state index in [-0.39, 0.29) is 12.0 Å². The van der Waals surface area contributed by atoms with Gasteiger partial charge in [0.15, 0.2) is 5.17 Å². The van der Waals surface area contributed by atoms with Gasteiger partial charge in [-0.1, -0.05) is 32.5 Å². The highest BCUT2D eigenvalue weighted by atomic mass is 32.2. The third kappa shape index (κ3) is 2.83. The van der Waals surface area contributed by atoms with Crippen LogP contribution in [-0.2, 0) is 4.74 Å². The Bertz CT molecular complexity index is 311. The largest absolute Gasteiger partial charge is 0.396 e. The van der Waals surface area contributed by atoms with Gasteiger partial charge < -0.3 is 15.2 Å². The van der Waals surface area contributed by atoms with Crippen LogP contribution in [0.4, 0.5) is 0 Å². The Morgan fingerprint density at radius 3 is 2.83 bits per heavy atom. The fraction of sp³-hybridized carbons (Fsp3) is 0.923. The summed E-state index contributed by atoms with van der Waals surface area (Å²) in [5.74, 6) is 1.19. The average Bonchev–Trinajstić information content (AvgIpc) is 2.77. The molecule has 18 heavy (non-hydrogen) atoms. The quantitative estimate of drug-likeness (QED) is 0.767. The highest BCUT2D eigenvalue weighted by Gasteiger charge is 2.45. The zero-order chi connectivity index (χ0) is 13.1. The predicted molar refractivity (Wildman–Crippen MR) is 75.8 cm³/mol. The van der Waals surface area contributed by atoms with Crippen molar-refractivity contribution in [1.29, 1.82) is 0 Å². The van der Waals surface area contributed by atoms with E-state index in [2.05, 4.69) is 31.1 Å². The second-order valence-electron chi connectivity index (χ2n) is 5.22. The lowest BCUT2D eigenvalue weighted by Crippen LogP contribution is -2.50. The van der Waals surface area contributed by atoms with Crippen molar-refractivity contribution in [3.63, 3.8) is 0 Å². The smallest absolute Gasteiger partial charge is 0.159 e. The van der Waals surface area contributed by atoms with Crippen molar-refractivity contribution in [3.05, 3.63) is 0 Å². The second kappa shape index (κ2) is 6.26. The molecular formula is C13H24N2O2S. The molecular weight excluding hydrogens is 248 g/mol. The number of thioether (sulfide) groups is 1.